The van der Waals surface area contributed by atoms with Crippen molar-refractivity contribution < 1.29 is 22.8 Å². The van der Waals surface area contributed by atoms with Crippen LogP contribution in [0, 0.1) is 0 Å². The van der Waals surface area contributed by atoms with Crippen LogP contribution < -0.4 is 15.5 Å². The molecule has 2 saturated heterocycles. The smallest absolute Gasteiger partial charge is 0.371 e. The lowest BCUT2D eigenvalue weighted by molar-refractivity contribution is -0.137. The Morgan fingerprint density at radius 2 is 1.42 bits per heavy atom. The molecular formula is C24H27F3N4O2. The molecule has 2 fully saturated rings. The third-order valence-corrected chi connectivity index (χ3v) is 6.02. The first kappa shape index (κ1) is 22.9. The first-order valence-electron chi connectivity index (χ1n) is 11.2. The quantitative estimate of drug-likeness (QED) is 0.627. The fourth-order valence-electron chi connectivity index (χ4n) is 4.35. The number of nitrogens with zero attached hydrogens (tertiary/aromatic N) is 2. The molecule has 0 unspecified atom stereocenters. The van der Waals surface area contributed by atoms with Crippen LogP contribution >= 0.6 is 0 Å². The largest absolute Gasteiger partial charge is 0.416 e. The van der Waals surface area contributed by atoms with Gasteiger partial charge in [0.15, 0.2) is 0 Å². The van der Waals surface area contributed by atoms with Gasteiger partial charge in [-0.25, -0.2) is 4.79 Å². The van der Waals surface area contributed by atoms with Crippen molar-refractivity contribution in [2.24, 2.45) is 0 Å². The van der Waals surface area contributed by atoms with Crippen LogP contribution in [0.25, 0.3) is 0 Å². The highest BCUT2D eigenvalue weighted by Gasteiger charge is 2.30. The van der Waals surface area contributed by atoms with Gasteiger partial charge in [-0.3, -0.25) is 4.79 Å². The molecule has 0 radical (unpaired) electrons. The number of carbonyl (C=O) groups excluding carboxylic acids is 2. The van der Waals surface area contributed by atoms with Crippen molar-refractivity contribution in [2.75, 3.05) is 41.7 Å². The molecule has 9 heteroatoms. The van der Waals surface area contributed by atoms with Crippen LogP contribution in [-0.4, -0.2) is 43.0 Å². The van der Waals surface area contributed by atoms with Crippen molar-refractivity contribution in [1.29, 1.82) is 0 Å². The summed E-state index contributed by atoms with van der Waals surface area (Å²) in [6.45, 7) is 3.18. The Labute approximate surface area is 190 Å². The highest BCUT2D eigenvalue weighted by atomic mass is 19.4. The summed E-state index contributed by atoms with van der Waals surface area (Å²) < 4.78 is 38.8. The van der Waals surface area contributed by atoms with E-state index in [-0.39, 0.29) is 11.6 Å². The maximum atomic E-state index is 13.3. The van der Waals surface area contributed by atoms with Crippen molar-refractivity contribution in [3.8, 4) is 0 Å². The number of anilines is 3. The number of benzene rings is 2. The molecular weight excluding hydrogens is 433 g/mol. The molecule has 3 amide bonds. The third-order valence-electron chi connectivity index (χ3n) is 6.02. The van der Waals surface area contributed by atoms with E-state index < -0.39 is 17.8 Å². The summed E-state index contributed by atoms with van der Waals surface area (Å²) in [6.07, 6.45) is 0.696. The number of likely N-dealkylation sites (tertiary alicyclic amines) is 1. The van der Waals surface area contributed by atoms with Gasteiger partial charge in [-0.05, 0) is 68.5 Å². The minimum absolute atomic E-state index is 0.0284. The van der Waals surface area contributed by atoms with E-state index in [1.165, 1.54) is 12.1 Å². The van der Waals surface area contributed by atoms with Crippen molar-refractivity contribution in [3.05, 3.63) is 53.6 Å². The van der Waals surface area contributed by atoms with Crippen LogP contribution in [0.15, 0.2) is 42.5 Å². The molecule has 0 spiro atoms. The van der Waals surface area contributed by atoms with Gasteiger partial charge in [-0.2, -0.15) is 13.2 Å². The lowest BCUT2D eigenvalue weighted by atomic mass is 10.1. The molecule has 2 aromatic rings. The Balaban J connectivity index is 1.53. The number of halogens is 3. The molecule has 0 aliphatic carbocycles. The zero-order chi connectivity index (χ0) is 23.4. The Kier molecular flexibility index (Phi) is 6.76. The fraction of sp³-hybridized carbons (Fsp3) is 0.417. The predicted molar refractivity (Wildman–Crippen MR) is 122 cm³/mol. The molecule has 33 heavy (non-hydrogen) atoms. The van der Waals surface area contributed by atoms with Gasteiger partial charge in [-0.15, -0.1) is 0 Å². The molecule has 2 aromatic carbocycles. The molecule has 0 saturated carbocycles. The Hall–Kier alpha value is -3.23. The molecule has 2 heterocycles. The van der Waals surface area contributed by atoms with Crippen LogP contribution in [0.5, 0.6) is 0 Å². The van der Waals surface area contributed by atoms with E-state index in [0.717, 1.165) is 63.0 Å². The highest BCUT2D eigenvalue weighted by Crippen LogP contribution is 2.31. The lowest BCUT2D eigenvalue weighted by Gasteiger charge is -2.29. The molecule has 0 aromatic heterocycles. The van der Waals surface area contributed by atoms with Crippen LogP contribution in [0.3, 0.4) is 0 Å². The molecule has 2 N–H and O–H groups in total. The highest BCUT2D eigenvalue weighted by molar-refractivity contribution is 6.04. The number of hydrogen-bond acceptors (Lipinski definition) is 3. The van der Waals surface area contributed by atoms with Crippen molar-refractivity contribution in [3.63, 3.8) is 0 Å². The van der Waals surface area contributed by atoms with Crippen LogP contribution in [0.2, 0.25) is 0 Å². The van der Waals surface area contributed by atoms with Crippen molar-refractivity contribution >= 4 is 29.0 Å². The van der Waals surface area contributed by atoms with E-state index in [2.05, 4.69) is 15.5 Å². The third kappa shape index (κ3) is 5.58. The minimum atomic E-state index is -4.50. The first-order chi connectivity index (χ1) is 15.8. The van der Waals surface area contributed by atoms with Gasteiger partial charge in [0, 0.05) is 43.2 Å². The van der Waals surface area contributed by atoms with Crippen LogP contribution in [0.4, 0.5) is 35.0 Å². The maximum absolute atomic E-state index is 13.3. The van der Waals surface area contributed by atoms with E-state index in [9.17, 15) is 22.8 Å². The van der Waals surface area contributed by atoms with Gasteiger partial charge in [0.2, 0.25) is 0 Å². The number of alkyl halides is 3. The number of piperidine rings is 1. The van der Waals surface area contributed by atoms with E-state index in [1.54, 1.807) is 12.1 Å². The SMILES string of the molecule is O=C(Nc1cccc(C(F)(F)F)c1)Nc1ccc(N2CCCC2)c(C(=O)N2CCCCC2)c1. The zero-order valence-corrected chi connectivity index (χ0v) is 18.3. The number of carbonyl (C=O) groups is 2. The number of hydrogen-bond donors (Lipinski definition) is 2. The average molecular weight is 461 g/mol. The summed E-state index contributed by atoms with van der Waals surface area (Å²) in [4.78, 5) is 29.8. The normalized spacial score (nSPS) is 16.6. The minimum Gasteiger partial charge on any atom is -0.371 e. The summed E-state index contributed by atoms with van der Waals surface area (Å²) in [5, 5.41) is 5.07. The molecule has 4 rings (SSSR count). The van der Waals surface area contributed by atoms with Crippen LogP contribution in [0.1, 0.15) is 48.0 Å². The topological polar surface area (TPSA) is 64.7 Å². The standard InChI is InChI=1S/C24H27F3N4O2/c25-24(26,27)17-7-6-8-18(15-17)28-23(33)29-19-9-10-21(30-11-4-5-12-30)20(16-19)22(32)31-13-2-1-3-14-31/h6-10,15-16H,1-5,11-14H2,(H2,28,29,33). The van der Waals surface area contributed by atoms with Gasteiger partial charge in [0.25, 0.3) is 5.91 Å². The summed E-state index contributed by atoms with van der Waals surface area (Å²) in [5.74, 6) is -0.0569. The van der Waals surface area contributed by atoms with Crippen molar-refractivity contribution in [1.82, 2.24) is 4.90 Å². The second-order valence-electron chi connectivity index (χ2n) is 8.44. The number of urea groups is 1. The first-order valence-corrected chi connectivity index (χ1v) is 11.2. The molecule has 176 valence electrons. The molecule has 0 bridgehead atoms. The Morgan fingerprint density at radius 1 is 0.788 bits per heavy atom. The van der Waals surface area contributed by atoms with E-state index in [0.29, 0.717) is 24.3 Å². The number of amides is 3. The van der Waals surface area contributed by atoms with E-state index >= 15 is 0 Å². The molecule has 0 atom stereocenters. The summed E-state index contributed by atoms with van der Waals surface area (Å²) in [7, 11) is 0. The predicted octanol–water partition coefficient (Wildman–Crippen LogP) is 5.58. The zero-order valence-electron chi connectivity index (χ0n) is 18.3. The van der Waals surface area contributed by atoms with Crippen LogP contribution in [-0.2, 0) is 6.18 Å². The maximum Gasteiger partial charge on any atom is 0.416 e. The number of rotatable bonds is 4. The molecule has 6 nitrogen and oxygen atoms in total. The van der Waals surface area contributed by atoms with E-state index in [1.807, 2.05) is 11.0 Å². The summed E-state index contributed by atoms with van der Waals surface area (Å²) in [5.41, 5.74) is 0.982. The summed E-state index contributed by atoms with van der Waals surface area (Å²) >= 11 is 0. The second-order valence-corrected chi connectivity index (χ2v) is 8.44. The van der Waals surface area contributed by atoms with Gasteiger partial charge >= 0.3 is 12.2 Å². The Morgan fingerprint density at radius 3 is 2.09 bits per heavy atom. The fourth-order valence-corrected chi connectivity index (χ4v) is 4.35. The monoisotopic (exact) mass is 460 g/mol. The number of nitrogens with one attached hydrogen (secondary N) is 2. The molecule has 2 aliphatic rings. The summed E-state index contributed by atoms with van der Waals surface area (Å²) in [6, 6.07) is 8.97. The van der Waals surface area contributed by atoms with Gasteiger partial charge in [0.1, 0.15) is 0 Å². The molecule has 2 aliphatic heterocycles. The van der Waals surface area contributed by atoms with E-state index in [4.69, 9.17) is 0 Å². The van der Waals surface area contributed by atoms with Gasteiger partial charge < -0.3 is 20.4 Å². The van der Waals surface area contributed by atoms with Gasteiger partial charge in [0.05, 0.1) is 11.1 Å². The lowest BCUT2D eigenvalue weighted by Crippen LogP contribution is -2.36. The second kappa shape index (κ2) is 9.72. The Bertz CT molecular complexity index is 1010. The van der Waals surface area contributed by atoms with Gasteiger partial charge in [-0.1, -0.05) is 6.07 Å². The van der Waals surface area contributed by atoms with Crippen molar-refractivity contribution in [2.45, 2.75) is 38.3 Å². The average Bonchev–Trinajstić information content (AvgIpc) is 3.33.